The quantitative estimate of drug-likeness (QED) is 0.329. The lowest BCUT2D eigenvalue weighted by Gasteiger charge is -2.34. The van der Waals surface area contributed by atoms with Gasteiger partial charge in [0.2, 0.25) is 5.60 Å². The van der Waals surface area contributed by atoms with Crippen LogP contribution in [-0.2, 0) is 21.6 Å². The van der Waals surface area contributed by atoms with Crippen molar-refractivity contribution in [3.05, 3.63) is 120 Å². The molecular weight excluding hydrogens is 408 g/mol. The third-order valence-electron chi connectivity index (χ3n) is 6.52. The van der Waals surface area contributed by atoms with Crippen molar-refractivity contribution >= 4 is 5.97 Å². The zero-order valence-electron chi connectivity index (χ0n) is 19.0. The predicted molar refractivity (Wildman–Crippen MR) is 132 cm³/mol. The fraction of sp³-hybridized carbons (Fsp3) is 0.300. The molecule has 3 heteroatoms. The molecule has 0 unspecified atom stereocenters. The van der Waals surface area contributed by atoms with Crippen LogP contribution in [0.5, 0.6) is 0 Å². The van der Waals surface area contributed by atoms with E-state index in [0.29, 0.717) is 5.56 Å². The van der Waals surface area contributed by atoms with Crippen molar-refractivity contribution in [3.8, 4) is 0 Å². The molecule has 1 aliphatic carbocycles. The molecule has 3 aromatic rings. The number of hydrogen-bond donors (Lipinski definition) is 1. The van der Waals surface area contributed by atoms with Crippen molar-refractivity contribution in [1.82, 2.24) is 0 Å². The molecule has 1 fully saturated rings. The zero-order valence-corrected chi connectivity index (χ0v) is 19.0. The topological polar surface area (TPSA) is 46.5 Å². The summed E-state index contributed by atoms with van der Waals surface area (Å²) in [6.07, 6.45) is 8.77. The van der Waals surface area contributed by atoms with E-state index < -0.39 is 11.6 Å². The van der Waals surface area contributed by atoms with Gasteiger partial charge in [-0.05, 0) is 54.9 Å². The highest BCUT2D eigenvalue weighted by Crippen LogP contribution is 2.37. The minimum Gasteiger partial charge on any atom is -0.459 e. The third kappa shape index (κ3) is 5.80. The van der Waals surface area contributed by atoms with Gasteiger partial charge in [-0.15, -0.1) is 0 Å². The first-order valence-electron chi connectivity index (χ1n) is 11.9. The molecule has 1 N–H and O–H groups in total. The number of allylic oxidation sites excluding steroid dienone is 1. The average molecular weight is 441 g/mol. The molecule has 0 aromatic heterocycles. The fourth-order valence-corrected chi connectivity index (χ4v) is 4.67. The molecule has 170 valence electrons. The van der Waals surface area contributed by atoms with Crippen LogP contribution in [0, 0.1) is 0 Å². The van der Waals surface area contributed by atoms with Gasteiger partial charge in [0.05, 0.1) is 0 Å². The van der Waals surface area contributed by atoms with E-state index in [1.807, 2.05) is 60.7 Å². The first-order chi connectivity index (χ1) is 16.2. The molecule has 0 heterocycles. The SMILES string of the molecule is O=C(O[C@@H]1CCCC[C@H]1c1ccccc1)[C@@](O)(C=CCCc1ccccc1)c1ccccc1. The van der Waals surface area contributed by atoms with Gasteiger partial charge in [-0.25, -0.2) is 4.79 Å². The van der Waals surface area contributed by atoms with Crippen molar-refractivity contribution in [2.45, 2.75) is 56.1 Å². The Hall–Kier alpha value is -3.17. The standard InChI is InChI=1S/C30H32O3/c31-29(33-28-22-11-10-21-27(28)25-17-6-2-7-18-25)30(32,26-19-8-3-9-20-26)23-13-12-16-24-14-4-1-5-15-24/h1-9,13-15,17-20,23,27-28,32H,10-12,16,21-22H2/t27-,28+,30+/m0/s1. The second-order valence-corrected chi connectivity index (χ2v) is 8.80. The van der Waals surface area contributed by atoms with Crippen LogP contribution in [0.25, 0.3) is 0 Å². The van der Waals surface area contributed by atoms with Crippen LogP contribution >= 0.6 is 0 Å². The summed E-state index contributed by atoms with van der Waals surface area (Å²) in [6, 6.07) is 29.5. The molecule has 0 aliphatic heterocycles. The second-order valence-electron chi connectivity index (χ2n) is 8.80. The molecule has 3 nitrogen and oxygen atoms in total. The normalized spacial score (nSPS) is 20.3. The third-order valence-corrected chi connectivity index (χ3v) is 6.52. The predicted octanol–water partition coefficient (Wildman–Crippen LogP) is 6.33. The van der Waals surface area contributed by atoms with Crippen molar-refractivity contribution < 1.29 is 14.6 Å². The van der Waals surface area contributed by atoms with Gasteiger partial charge in [0.1, 0.15) is 6.10 Å². The molecule has 1 saturated carbocycles. The van der Waals surface area contributed by atoms with E-state index in [-0.39, 0.29) is 12.0 Å². The van der Waals surface area contributed by atoms with E-state index in [2.05, 4.69) is 24.3 Å². The van der Waals surface area contributed by atoms with Crippen LogP contribution in [0.2, 0.25) is 0 Å². The Morgan fingerprint density at radius 3 is 2.18 bits per heavy atom. The summed E-state index contributed by atoms with van der Waals surface area (Å²) < 4.78 is 6.05. The Balaban J connectivity index is 1.52. The number of benzene rings is 3. The maximum Gasteiger partial charge on any atom is 0.347 e. The summed E-state index contributed by atoms with van der Waals surface area (Å²) in [5.41, 5.74) is 1.13. The number of hydrogen-bond acceptors (Lipinski definition) is 3. The summed E-state index contributed by atoms with van der Waals surface area (Å²) >= 11 is 0. The van der Waals surface area contributed by atoms with E-state index in [0.717, 1.165) is 38.5 Å². The van der Waals surface area contributed by atoms with Crippen molar-refractivity contribution in [3.63, 3.8) is 0 Å². The molecule has 3 aromatic carbocycles. The number of aliphatic hydroxyl groups is 1. The van der Waals surface area contributed by atoms with Gasteiger partial charge in [0, 0.05) is 5.92 Å². The van der Waals surface area contributed by atoms with Crippen molar-refractivity contribution in [2.75, 3.05) is 0 Å². The number of esters is 1. The summed E-state index contributed by atoms with van der Waals surface area (Å²) in [7, 11) is 0. The Morgan fingerprint density at radius 2 is 1.48 bits per heavy atom. The second kappa shape index (κ2) is 11.1. The lowest BCUT2D eigenvalue weighted by atomic mass is 9.81. The van der Waals surface area contributed by atoms with Gasteiger partial charge in [-0.1, -0.05) is 103 Å². The van der Waals surface area contributed by atoms with E-state index in [9.17, 15) is 9.90 Å². The number of ether oxygens (including phenoxy) is 1. The van der Waals surface area contributed by atoms with Gasteiger partial charge < -0.3 is 9.84 Å². The van der Waals surface area contributed by atoms with E-state index >= 15 is 0 Å². The molecule has 0 bridgehead atoms. The molecule has 3 atom stereocenters. The lowest BCUT2D eigenvalue weighted by Crippen LogP contribution is -2.40. The van der Waals surface area contributed by atoms with E-state index in [1.165, 1.54) is 11.1 Å². The lowest BCUT2D eigenvalue weighted by molar-refractivity contribution is -0.169. The highest BCUT2D eigenvalue weighted by Gasteiger charge is 2.40. The van der Waals surface area contributed by atoms with Crippen LogP contribution < -0.4 is 0 Å². The molecule has 33 heavy (non-hydrogen) atoms. The van der Waals surface area contributed by atoms with Gasteiger partial charge in [-0.2, -0.15) is 0 Å². The summed E-state index contributed by atoms with van der Waals surface area (Å²) in [6.45, 7) is 0. The van der Waals surface area contributed by atoms with Crippen molar-refractivity contribution in [2.24, 2.45) is 0 Å². The Kier molecular flexibility index (Phi) is 7.74. The Bertz CT molecular complexity index is 1030. The Morgan fingerprint density at radius 1 is 0.879 bits per heavy atom. The highest BCUT2D eigenvalue weighted by molar-refractivity contribution is 5.83. The molecule has 0 spiro atoms. The molecular formula is C30H32O3. The Labute approximate surface area is 196 Å². The molecule has 4 rings (SSSR count). The number of rotatable bonds is 8. The first kappa shape index (κ1) is 23.0. The van der Waals surface area contributed by atoms with Gasteiger partial charge in [0.15, 0.2) is 0 Å². The van der Waals surface area contributed by atoms with Crippen LogP contribution in [-0.4, -0.2) is 17.2 Å². The molecule has 1 aliphatic rings. The minimum atomic E-state index is -1.81. The average Bonchev–Trinajstić information content (AvgIpc) is 2.88. The van der Waals surface area contributed by atoms with Crippen LogP contribution in [0.15, 0.2) is 103 Å². The fourth-order valence-electron chi connectivity index (χ4n) is 4.67. The smallest absolute Gasteiger partial charge is 0.347 e. The summed E-state index contributed by atoms with van der Waals surface area (Å²) in [4.78, 5) is 13.5. The molecule has 0 radical (unpaired) electrons. The summed E-state index contributed by atoms with van der Waals surface area (Å²) in [5.74, 6) is -0.441. The monoisotopic (exact) mass is 440 g/mol. The maximum atomic E-state index is 13.5. The number of carbonyl (C=O) groups excluding carboxylic acids is 1. The van der Waals surface area contributed by atoms with Gasteiger partial charge in [0.25, 0.3) is 0 Å². The van der Waals surface area contributed by atoms with Gasteiger partial charge in [-0.3, -0.25) is 0 Å². The van der Waals surface area contributed by atoms with E-state index in [1.54, 1.807) is 18.2 Å². The van der Waals surface area contributed by atoms with Crippen LogP contribution in [0.1, 0.15) is 54.7 Å². The zero-order chi connectivity index (χ0) is 22.9. The van der Waals surface area contributed by atoms with Crippen molar-refractivity contribution in [1.29, 1.82) is 0 Å². The molecule has 0 amide bonds. The van der Waals surface area contributed by atoms with Crippen LogP contribution in [0.4, 0.5) is 0 Å². The molecule has 0 saturated heterocycles. The number of carbonyl (C=O) groups is 1. The summed E-state index contributed by atoms with van der Waals surface area (Å²) in [5, 5.41) is 11.6. The van der Waals surface area contributed by atoms with Crippen LogP contribution in [0.3, 0.4) is 0 Å². The van der Waals surface area contributed by atoms with Gasteiger partial charge >= 0.3 is 5.97 Å². The number of aryl methyl sites for hydroxylation is 1. The largest absolute Gasteiger partial charge is 0.459 e. The minimum absolute atomic E-state index is 0.158. The highest BCUT2D eigenvalue weighted by atomic mass is 16.6. The van der Waals surface area contributed by atoms with E-state index in [4.69, 9.17) is 4.74 Å². The first-order valence-corrected chi connectivity index (χ1v) is 11.9. The maximum absolute atomic E-state index is 13.5.